The van der Waals surface area contributed by atoms with E-state index in [0.717, 1.165) is 212 Å². The number of carbonyl (C=O) groups excluding carboxylic acids is 5. The largest absolute Gasteiger partial charge is 0.385 e. The summed E-state index contributed by atoms with van der Waals surface area (Å²) in [5.74, 6) is 4.80. The van der Waals surface area contributed by atoms with Crippen LogP contribution in [0.15, 0.2) is 170 Å². The van der Waals surface area contributed by atoms with Crippen LogP contribution >= 0.6 is 0 Å². The maximum Gasteiger partial charge on any atom is 0.239 e. The number of ketones is 1. The lowest BCUT2D eigenvalue weighted by molar-refractivity contribution is -0.123. The van der Waals surface area contributed by atoms with Crippen molar-refractivity contribution in [2.45, 2.75) is 263 Å². The molecule has 20 rings (SSSR count). The third-order valence-corrected chi connectivity index (χ3v) is 31.4. The Morgan fingerprint density at radius 1 is 0.403 bits per heavy atom. The second-order valence-electron chi connectivity index (χ2n) is 43.5. The molecule has 0 spiro atoms. The Hall–Kier alpha value is -12.1. The maximum absolute atomic E-state index is 14.5. The summed E-state index contributed by atoms with van der Waals surface area (Å²) in [6, 6.07) is 54.9. The summed E-state index contributed by atoms with van der Waals surface area (Å²) in [5, 5.41) is 69.9. The molecule has 4 aliphatic heterocycles. The fraction of sp³-hybridized carbons (Fsp3) is 0.513. The third kappa shape index (κ3) is 25.3. The van der Waals surface area contributed by atoms with Crippen LogP contribution in [-0.2, 0) is 73.7 Å². The first-order valence-corrected chi connectivity index (χ1v) is 52.2. The molecule has 4 aliphatic carbocycles. The number of halogens is 2. The van der Waals surface area contributed by atoms with Gasteiger partial charge in [0.25, 0.3) is 0 Å². The van der Waals surface area contributed by atoms with Crippen molar-refractivity contribution in [2.24, 2.45) is 31.8 Å². The van der Waals surface area contributed by atoms with Crippen LogP contribution in [0.3, 0.4) is 0 Å². The van der Waals surface area contributed by atoms with Gasteiger partial charge in [0.1, 0.15) is 22.7 Å². The third-order valence-electron chi connectivity index (χ3n) is 31.4. The molecule has 10 N–H and O–H groups in total. The number of benzene rings is 6. The van der Waals surface area contributed by atoms with Gasteiger partial charge >= 0.3 is 0 Å². The number of fused-ring (bicyclic) bond motifs is 4. The van der Waals surface area contributed by atoms with E-state index in [0.29, 0.717) is 78.6 Å². The molecule has 4 amide bonds. The number of alkyl halides is 2. The fourth-order valence-electron chi connectivity index (χ4n) is 22.4. The van der Waals surface area contributed by atoms with E-state index in [1.165, 1.54) is 70.1 Å². The second kappa shape index (κ2) is 44.8. The highest BCUT2D eigenvalue weighted by Crippen LogP contribution is 2.43. The molecule has 10 heterocycles. The number of rotatable bonds is 30. The topological polar surface area (TPSA) is 332 Å². The van der Waals surface area contributed by atoms with Gasteiger partial charge in [0.15, 0.2) is 23.3 Å². The molecule has 31 heteroatoms. The van der Waals surface area contributed by atoms with Crippen molar-refractivity contribution in [3.05, 3.63) is 226 Å². The zero-order valence-electron chi connectivity index (χ0n) is 86.2. The smallest absolute Gasteiger partial charge is 0.239 e. The highest BCUT2D eigenvalue weighted by molar-refractivity contribution is 5.96. The number of Topliss-reactive ketones (excluding diaryl/α,β-unsaturated/α-hetero) is 1. The number of pyridine rings is 2. The predicted octanol–water partition coefficient (Wildman–Crippen LogP) is 15.6. The lowest BCUT2D eigenvalue weighted by Gasteiger charge is -2.48. The van der Waals surface area contributed by atoms with Crippen molar-refractivity contribution in [1.82, 2.24) is 90.0 Å². The summed E-state index contributed by atoms with van der Waals surface area (Å²) in [6.45, 7) is 29.7. The number of hydrogen-bond acceptors (Lipinski definition) is 21. The molecule has 0 radical (unpaired) electrons. The molecule has 4 saturated heterocycles. The van der Waals surface area contributed by atoms with Crippen molar-refractivity contribution in [1.29, 1.82) is 0 Å². The van der Waals surface area contributed by atoms with Gasteiger partial charge in [-0.25, -0.2) is 8.78 Å². The molecule has 144 heavy (non-hydrogen) atoms. The Morgan fingerprint density at radius 2 is 0.757 bits per heavy atom. The van der Waals surface area contributed by atoms with Crippen LogP contribution in [-0.4, -0.2) is 235 Å². The lowest BCUT2D eigenvalue weighted by atomic mass is 9.77. The quantitative estimate of drug-likeness (QED) is 0.0200. The normalized spacial score (nSPS) is 22.2. The molecule has 8 fully saturated rings. The van der Waals surface area contributed by atoms with Crippen molar-refractivity contribution in [3.63, 3.8) is 0 Å². The fourth-order valence-corrected chi connectivity index (χ4v) is 22.4. The van der Waals surface area contributed by atoms with Gasteiger partial charge in [-0.15, -0.1) is 0 Å². The van der Waals surface area contributed by atoms with Crippen molar-refractivity contribution in [2.75, 3.05) is 99.8 Å². The minimum absolute atomic E-state index is 0.00616. The van der Waals surface area contributed by atoms with Gasteiger partial charge in [-0.1, -0.05) is 122 Å². The lowest BCUT2D eigenvalue weighted by Crippen LogP contribution is -2.63. The molecule has 0 bridgehead atoms. The number of nitrogens with one attached hydrogen (secondary N) is 8. The van der Waals surface area contributed by atoms with E-state index in [4.69, 9.17) is 10.2 Å². The van der Waals surface area contributed by atoms with E-state index in [9.17, 15) is 43.0 Å². The zero-order chi connectivity index (χ0) is 101. The van der Waals surface area contributed by atoms with Gasteiger partial charge in [-0.2, -0.15) is 20.4 Å². The number of hydrogen-bond donors (Lipinski definition) is 10. The average Bonchev–Trinajstić information content (AvgIpc) is 1.36. The highest BCUT2D eigenvalue weighted by Gasteiger charge is 2.45. The minimum Gasteiger partial charge on any atom is -0.385 e. The second-order valence-corrected chi connectivity index (χ2v) is 43.5. The summed E-state index contributed by atoms with van der Waals surface area (Å²) >= 11 is 0. The van der Waals surface area contributed by atoms with Gasteiger partial charge < -0.3 is 52.7 Å². The van der Waals surface area contributed by atoms with Crippen LogP contribution in [0.5, 0.6) is 0 Å². The number of aliphatic hydroxyl groups is 2. The molecule has 6 aromatic carbocycles. The summed E-state index contributed by atoms with van der Waals surface area (Å²) < 4.78 is 36.4. The number of aromatic nitrogens is 10. The van der Waals surface area contributed by atoms with E-state index in [-0.39, 0.29) is 79.9 Å². The van der Waals surface area contributed by atoms with Crippen molar-refractivity contribution >= 4 is 96.3 Å². The molecule has 12 aromatic rings. The van der Waals surface area contributed by atoms with Crippen LogP contribution in [0.2, 0.25) is 0 Å². The molecule has 29 nitrogen and oxygen atoms in total. The number of nitrogens with zero attached hydrogens (tertiary/aromatic N) is 14. The van der Waals surface area contributed by atoms with E-state index in [2.05, 4.69) is 171 Å². The highest BCUT2D eigenvalue weighted by atomic mass is 19.1. The SMILES string of the molecule is CC(=O)C1CCC(N2CC(NC(=O)CNc3nn(Cc4ccccc4)c4ccc(C)cc34)C2)CC1.Cc1ccc(C2(O)CCC(N3CC(NC(=O)CNc4nn(C)c5ccc(C(C)(C)F)cc45)C3)CC2)cn1.Cc1ccc(C2(O)CCC(N3CC(NC(=O)CNc4nn(C)c5ccc(C(C)(C)F)cc45)C3)CC2)nc1.Cc1ccc2c(c1)c(NCC(=O)NC1CN(C3CCC(C(C)C)CC3)C1)nn2Cc1ccccc1. The number of carbonyl (C=O) groups is 5. The van der Waals surface area contributed by atoms with Gasteiger partial charge in [0, 0.05) is 142 Å². The Kier molecular flexibility index (Phi) is 32.2. The number of aryl methyl sites for hydroxylation is 6. The Balaban J connectivity index is 0.000000132. The maximum atomic E-state index is 14.5. The first-order chi connectivity index (χ1) is 68.9. The average molecular weight is 1960 g/mol. The van der Waals surface area contributed by atoms with Crippen LogP contribution in [0.4, 0.5) is 32.1 Å². The van der Waals surface area contributed by atoms with Crippen LogP contribution in [0, 0.1) is 45.4 Å². The standard InChI is InChI=1S/C29H39N5O.2C28H37FN6O2.C28H35N5O2/c1-20(2)23-10-12-25(13-11-23)33-18-24(19-33)31-28(35)16-30-29-26-15-21(3)9-14-27(26)34(32-29)17-22-7-5-4-6-8-22;1-18-5-8-24(30-14-18)28(37)11-9-21(10-12-28)35-16-20(17-35)32-25(36)15-31-26-22-13-19(27(2,3)29)6-7-23(22)34(4)33-26;1-18-5-6-20(14-30-18)28(37)11-9-22(10-12-28)35-16-21(17-35)32-25(36)15-31-26-23-13-19(27(2,3)29)7-8-24(23)34(4)33-26;1-19-8-13-26-25(14-19)28(31-33(26)16-21-6-4-3-5-7-21)29-15-27(35)30-23-17-32(18-23)24-11-9-22(10-12-24)20(2)34/h4-9,14-15,20,23-25H,10-13,16-19H2,1-3H3,(H,30,32)(H,31,35);5-8,13-14,20-21,37H,9-12,15-17H2,1-4H3,(H,31,33)(H,32,36);5-8,13-14,21-22,37H,9-12,15-17H2,1-4H3,(H,31,33)(H,32,36);3-8,13-14,22-24H,9-12,15-18H2,1-2H3,(H,29,31)(H,30,35). The molecule has 4 saturated carbocycles. The van der Waals surface area contributed by atoms with Gasteiger partial charge in [-0.05, 0) is 265 Å². The molecular weight excluding hydrogens is 1820 g/mol. The van der Waals surface area contributed by atoms with Gasteiger partial charge in [0.05, 0.1) is 96.8 Å². The van der Waals surface area contributed by atoms with Crippen LogP contribution in [0.25, 0.3) is 43.6 Å². The molecule has 0 unspecified atom stereocenters. The first-order valence-electron chi connectivity index (χ1n) is 52.2. The van der Waals surface area contributed by atoms with Crippen molar-refractivity contribution in [3.8, 4) is 0 Å². The van der Waals surface area contributed by atoms with E-state index < -0.39 is 22.5 Å². The molecular formula is C113H148F2N22O7. The monoisotopic (exact) mass is 1960 g/mol. The summed E-state index contributed by atoms with van der Waals surface area (Å²) in [5.41, 5.74) is 8.94. The van der Waals surface area contributed by atoms with Crippen LogP contribution in [0.1, 0.15) is 207 Å². The summed E-state index contributed by atoms with van der Waals surface area (Å²) in [4.78, 5) is 80.8. The summed E-state index contributed by atoms with van der Waals surface area (Å²) in [6.07, 6.45) is 19.6. The Labute approximate surface area is 845 Å². The molecule has 0 atom stereocenters. The van der Waals surface area contributed by atoms with E-state index >= 15 is 0 Å². The Bertz CT molecular complexity index is 6210. The molecule has 766 valence electrons. The number of anilines is 4. The molecule has 6 aromatic heterocycles. The first kappa shape index (κ1) is 103. The Morgan fingerprint density at radius 3 is 1.11 bits per heavy atom. The predicted molar refractivity (Wildman–Crippen MR) is 565 cm³/mol. The number of amides is 4. The van der Waals surface area contributed by atoms with Gasteiger partial charge in [-0.3, -0.25) is 72.3 Å². The van der Waals surface area contributed by atoms with E-state index in [1.807, 2.05) is 116 Å². The summed E-state index contributed by atoms with van der Waals surface area (Å²) in [7, 11) is 3.67. The van der Waals surface area contributed by atoms with Crippen LogP contribution < -0.4 is 42.5 Å². The van der Waals surface area contributed by atoms with Crippen molar-refractivity contribution < 1.29 is 43.0 Å². The zero-order valence-corrected chi connectivity index (χ0v) is 86.2. The number of likely N-dealkylation sites (tertiary alicyclic amines) is 4. The minimum atomic E-state index is -1.46. The molecule has 8 aliphatic rings. The van der Waals surface area contributed by atoms with E-state index in [1.54, 1.807) is 46.7 Å². The van der Waals surface area contributed by atoms with Gasteiger partial charge in [0.2, 0.25) is 23.6 Å².